The number of carbonyl (C=O) groups is 2. The summed E-state index contributed by atoms with van der Waals surface area (Å²) in [5.74, 6) is -1.12. The molecule has 0 aliphatic heterocycles. The van der Waals surface area contributed by atoms with E-state index in [2.05, 4.69) is 4.98 Å². The van der Waals surface area contributed by atoms with Gasteiger partial charge < -0.3 is 10.0 Å². The van der Waals surface area contributed by atoms with Crippen molar-refractivity contribution in [3.05, 3.63) is 58.1 Å². The van der Waals surface area contributed by atoms with Crippen molar-refractivity contribution in [1.29, 1.82) is 0 Å². The normalized spacial score (nSPS) is 10.7. The highest BCUT2D eigenvalue weighted by Gasteiger charge is 2.14. The standard InChI is InChI=1S/C15H14N2O3S/c1-17(10-11-4-2-3-9-16-11)15(20)13-7-5-12(21-13)6-8-14(18)19/h2-9H,10H2,1H3,(H,18,19). The second-order valence-electron chi connectivity index (χ2n) is 4.36. The molecule has 5 nitrogen and oxygen atoms in total. The van der Waals surface area contributed by atoms with E-state index < -0.39 is 5.97 Å². The molecule has 0 fully saturated rings. The van der Waals surface area contributed by atoms with Gasteiger partial charge >= 0.3 is 5.97 Å². The Labute approximate surface area is 126 Å². The van der Waals surface area contributed by atoms with Crippen LogP contribution in [0.2, 0.25) is 0 Å². The van der Waals surface area contributed by atoms with Gasteiger partial charge in [0.15, 0.2) is 0 Å². The van der Waals surface area contributed by atoms with Crippen molar-refractivity contribution < 1.29 is 14.7 Å². The van der Waals surface area contributed by atoms with Crippen LogP contribution in [0.25, 0.3) is 6.08 Å². The third-order valence-corrected chi connectivity index (χ3v) is 3.74. The minimum Gasteiger partial charge on any atom is -0.478 e. The van der Waals surface area contributed by atoms with E-state index in [4.69, 9.17) is 5.11 Å². The predicted molar refractivity (Wildman–Crippen MR) is 81.0 cm³/mol. The van der Waals surface area contributed by atoms with E-state index in [9.17, 15) is 9.59 Å². The SMILES string of the molecule is CN(Cc1ccccn1)C(=O)c1ccc(C=CC(=O)O)s1. The molecule has 2 heterocycles. The smallest absolute Gasteiger partial charge is 0.328 e. The van der Waals surface area contributed by atoms with Gasteiger partial charge in [0.2, 0.25) is 0 Å². The molecule has 6 heteroatoms. The number of carbonyl (C=O) groups excluding carboxylic acids is 1. The van der Waals surface area contributed by atoms with Gasteiger partial charge in [-0.05, 0) is 30.3 Å². The summed E-state index contributed by atoms with van der Waals surface area (Å²) in [5.41, 5.74) is 0.816. The summed E-state index contributed by atoms with van der Waals surface area (Å²) in [6.07, 6.45) is 4.22. The van der Waals surface area contributed by atoms with Crippen molar-refractivity contribution in [1.82, 2.24) is 9.88 Å². The van der Waals surface area contributed by atoms with Crippen LogP contribution >= 0.6 is 11.3 Å². The summed E-state index contributed by atoms with van der Waals surface area (Å²) < 4.78 is 0. The molecule has 2 aromatic rings. The third-order valence-electron chi connectivity index (χ3n) is 2.70. The average Bonchev–Trinajstić information content (AvgIpc) is 2.94. The highest BCUT2D eigenvalue weighted by molar-refractivity contribution is 7.14. The molecule has 0 spiro atoms. The first-order chi connectivity index (χ1) is 10.1. The van der Waals surface area contributed by atoms with Gasteiger partial charge in [-0.3, -0.25) is 9.78 Å². The first kappa shape index (κ1) is 14.9. The number of carboxylic acid groups (broad SMARTS) is 1. The van der Waals surface area contributed by atoms with E-state index in [0.717, 1.165) is 16.6 Å². The molecule has 0 unspecified atom stereocenters. The van der Waals surface area contributed by atoms with Crippen molar-refractivity contribution >= 4 is 29.3 Å². The fourth-order valence-corrected chi connectivity index (χ4v) is 2.61. The van der Waals surface area contributed by atoms with E-state index in [1.807, 2.05) is 18.2 Å². The number of hydrogen-bond acceptors (Lipinski definition) is 4. The van der Waals surface area contributed by atoms with Gasteiger partial charge in [0, 0.05) is 24.2 Å². The number of pyridine rings is 1. The van der Waals surface area contributed by atoms with E-state index in [1.54, 1.807) is 30.3 Å². The average molecular weight is 302 g/mol. The number of aliphatic carboxylic acids is 1. The third kappa shape index (κ3) is 4.25. The molecule has 0 aromatic carbocycles. The number of amides is 1. The molecule has 0 saturated carbocycles. The number of hydrogen-bond donors (Lipinski definition) is 1. The Morgan fingerprint density at radius 1 is 1.33 bits per heavy atom. The molecule has 1 amide bonds. The van der Waals surface area contributed by atoms with Gasteiger partial charge in [-0.25, -0.2) is 4.79 Å². The van der Waals surface area contributed by atoms with Crippen LogP contribution in [0.5, 0.6) is 0 Å². The zero-order chi connectivity index (χ0) is 15.2. The molecule has 0 atom stereocenters. The Morgan fingerprint density at radius 2 is 2.14 bits per heavy atom. The zero-order valence-corrected chi connectivity index (χ0v) is 12.2. The molecule has 21 heavy (non-hydrogen) atoms. The molecule has 2 aromatic heterocycles. The van der Waals surface area contributed by atoms with E-state index in [1.165, 1.54) is 17.4 Å². The maximum atomic E-state index is 12.3. The maximum Gasteiger partial charge on any atom is 0.328 e. The van der Waals surface area contributed by atoms with E-state index in [0.29, 0.717) is 11.4 Å². The fraction of sp³-hybridized carbons (Fsp3) is 0.133. The monoisotopic (exact) mass is 302 g/mol. The number of rotatable bonds is 5. The first-order valence-electron chi connectivity index (χ1n) is 6.22. The van der Waals surface area contributed by atoms with Crippen LogP contribution in [0, 0.1) is 0 Å². The summed E-state index contributed by atoms with van der Waals surface area (Å²) in [7, 11) is 1.71. The van der Waals surface area contributed by atoms with Crippen LogP contribution in [0.3, 0.4) is 0 Å². The Kier molecular flexibility index (Phi) is 4.84. The second-order valence-corrected chi connectivity index (χ2v) is 5.47. The highest BCUT2D eigenvalue weighted by Crippen LogP contribution is 2.20. The van der Waals surface area contributed by atoms with Crippen LogP contribution in [0.1, 0.15) is 20.2 Å². The largest absolute Gasteiger partial charge is 0.478 e. The van der Waals surface area contributed by atoms with Gasteiger partial charge in [0.25, 0.3) is 5.91 Å². The Hall–Kier alpha value is -2.47. The van der Waals surface area contributed by atoms with Crippen LogP contribution in [-0.2, 0) is 11.3 Å². The molecule has 0 aliphatic rings. The summed E-state index contributed by atoms with van der Waals surface area (Å²) >= 11 is 1.26. The van der Waals surface area contributed by atoms with Crippen molar-refractivity contribution in [2.45, 2.75) is 6.54 Å². The lowest BCUT2D eigenvalue weighted by Crippen LogP contribution is -2.25. The molecular weight excluding hydrogens is 288 g/mol. The Morgan fingerprint density at radius 3 is 2.81 bits per heavy atom. The highest BCUT2D eigenvalue weighted by atomic mass is 32.1. The van der Waals surface area contributed by atoms with Crippen LogP contribution in [0.15, 0.2) is 42.6 Å². The molecule has 0 saturated heterocycles. The first-order valence-corrected chi connectivity index (χ1v) is 7.04. The Balaban J connectivity index is 2.04. The Bertz CT molecular complexity index is 665. The lowest BCUT2D eigenvalue weighted by molar-refractivity contribution is -0.131. The second kappa shape index (κ2) is 6.81. The molecule has 0 radical (unpaired) electrons. The van der Waals surface area contributed by atoms with Crippen molar-refractivity contribution in [2.24, 2.45) is 0 Å². The van der Waals surface area contributed by atoms with Gasteiger partial charge in [-0.15, -0.1) is 11.3 Å². The lowest BCUT2D eigenvalue weighted by Gasteiger charge is -2.15. The van der Waals surface area contributed by atoms with Crippen LogP contribution in [0.4, 0.5) is 0 Å². The molecule has 0 bridgehead atoms. The lowest BCUT2D eigenvalue weighted by atomic mass is 10.3. The minimum absolute atomic E-state index is 0.111. The summed E-state index contributed by atoms with van der Waals surface area (Å²) in [4.78, 5) is 29.8. The van der Waals surface area contributed by atoms with Crippen LogP contribution < -0.4 is 0 Å². The molecular formula is C15H14N2O3S. The van der Waals surface area contributed by atoms with Gasteiger partial charge in [0.1, 0.15) is 0 Å². The topological polar surface area (TPSA) is 70.5 Å². The van der Waals surface area contributed by atoms with Gasteiger partial charge in [-0.1, -0.05) is 6.07 Å². The summed E-state index contributed by atoms with van der Waals surface area (Å²) in [5, 5.41) is 8.58. The van der Waals surface area contributed by atoms with Crippen molar-refractivity contribution in [2.75, 3.05) is 7.05 Å². The van der Waals surface area contributed by atoms with E-state index >= 15 is 0 Å². The quantitative estimate of drug-likeness (QED) is 0.862. The fourth-order valence-electron chi connectivity index (χ4n) is 1.71. The minimum atomic E-state index is -1.01. The molecule has 1 N–H and O–H groups in total. The predicted octanol–water partition coefficient (Wildman–Crippen LogP) is 2.51. The maximum absolute atomic E-state index is 12.3. The summed E-state index contributed by atoms with van der Waals surface area (Å²) in [6.45, 7) is 0.428. The molecule has 0 aliphatic carbocycles. The molecule has 108 valence electrons. The number of nitrogens with zero attached hydrogens (tertiary/aromatic N) is 2. The summed E-state index contributed by atoms with van der Waals surface area (Å²) in [6, 6.07) is 8.99. The van der Waals surface area contributed by atoms with Gasteiger partial charge in [0.05, 0.1) is 17.1 Å². The molecule has 2 rings (SSSR count). The van der Waals surface area contributed by atoms with Crippen molar-refractivity contribution in [3.63, 3.8) is 0 Å². The number of carboxylic acids is 1. The number of thiophene rings is 1. The van der Waals surface area contributed by atoms with Crippen molar-refractivity contribution in [3.8, 4) is 0 Å². The zero-order valence-electron chi connectivity index (χ0n) is 11.4. The van der Waals surface area contributed by atoms with Crippen LogP contribution in [-0.4, -0.2) is 33.9 Å². The van der Waals surface area contributed by atoms with E-state index in [-0.39, 0.29) is 5.91 Å². The number of aromatic nitrogens is 1. The van der Waals surface area contributed by atoms with Gasteiger partial charge in [-0.2, -0.15) is 0 Å².